The molecule has 2 fully saturated rings. The number of hydrogen-bond donors (Lipinski definition) is 1. The summed E-state index contributed by atoms with van der Waals surface area (Å²) in [4.78, 5) is 14.3. The quantitative estimate of drug-likeness (QED) is 0.913. The third-order valence-corrected chi connectivity index (χ3v) is 4.73. The zero-order valence-electron chi connectivity index (χ0n) is 13.3. The van der Waals surface area contributed by atoms with Crippen LogP contribution in [-0.2, 0) is 6.54 Å². The average Bonchev–Trinajstić information content (AvgIpc) is 2.53. The first-order chi connectivity index (χ1) is 10.3. The average molecular weight is 289 g/mol. The maximum atomic E-state index is 4.65. The fraction of sp³-hybridized carbons (Fsp3) is 0.750. The van der Waals surface area contributed by atoms with E-state index in [1.165, 1.54) is 25.8 Å². The molecule has 0 radical (unpaired) electrons. The van der Waals surface area contributed by atoms with Gasteiger partial charge in [-0.05, 0) is 32.9 Å². The Morgan fingerprint density at radius 3 is 2.90 bits per heavy atom. The minimum absolute atomic E-state index is 0.522. The van der Waals surface area contributed by atoms with Gasteiger partial charge in [0, 0.05) is 31.7 Å². The monoisotopic (exact) mass is 289 g/mol. The van der Waals surface area contributed by atoms with Crippen LogP contribution in [0, 0.1) is 0 Å². The standard InChI is InChI=1S/C16H27N5/c1-3-17-8-14-9-19-16(10-18-14)21-12-15-6-4-5-7-20(15)11-13(21)2/h9-10,13,15,17H,3-8,11-12H2,1-2H3. The lowest BCUT2D eigenvalue weighted by Crippen LogP contribution is -2.59. The van der Waals surface area contributed by atoms with Crippen molar-refractivity contribution in [2.75, 3.05) is 31.1 Å². The molecule has 0 aromatic carbocycles. The summed E-state index contributed by atoms with van der Waals surface area (Å²) in [5.41, 5.74) is 1.02. The third kappa shape index (κ3) is 3.35. The van der Waals surface area contributed by atoms with Crippen LogP contribution in [0.4, 0.5) is 5.82 Å². The molecule has 0 amide bonds. The molecule has 2 saturated heterocycles. The van der Waals surface area contributed by atoms with Crippen molar-refractivity contribution < 1.29 is 0 Å². The van der Waals surface area contributed by atoms with Gasteiger partial charge < -0.3 is 10.2 Å². The van der Waals surface area contributed by atoms with Crippen LogP contribution in [0.2, 0.25) is 0 Å². The van der Waals surface area contributed by atoms with Crippen LogP contribution in [0.3, 0.4) is 0 Å². The van der Waals surface area contributed by atoms with E-state index in [4.69, 9.17) is 0 Å². The highest BCUT2D eigenvalue weighted by molar-refractivity contribution is 5.38. The van der Waals surface area contributed by atoms with E-state index >= 15 is 0 Å². The molecule has 0 saturated carbocycles. The van der Waals surface area contributed by atoms with Gasteiger partial charge in [-0.2, -0.15) is 0 Å². The van der Waals surface area contributed by atoms with Gasteiger partial charge in [-0.15, -0.1) is 0 Å². The molecule has 3 rings (SSSR count). The van der Waals surface area contributed by atoms with E-state index in [2.05, 4.69) is 38.9 Å². The second-order valence-electron chi connectivity index (χ2n) is 6.29. The molecule has 0 aliphatic carbocycles. The molecule has 116 valence electrons. The Kier molecular flexibility index (Phi) is 4.70. The number of fused-ring (bicyclic) bond motifs is 1. The van der Waals surface area contributed by atoms with Gasteiger partial charge in [0.05, 0.1) is 18.1 Å². The molecule has 21 heavy (non-hydrogen) atoms. The van der Waals surface area contributed by atoms with Crippen LogP contribution in [-0.4, -0.2) is 53.1 Å². The van der Waals surface area contributed by atoms with Crippen molar-refractivity contribution in [1.82, 2.24) is 20.2 Å². The second kappa shape index (κ2) is 6.71. The van der Waals surface area contributed by atoms with E-state index < -0.39 is 0 Å². The van der Waals surface area contributed by atoms with E-state index in [1.807, 2.05) is 12.4 Å². The molecule has 2 aliphatic heterocycles. The summed E-state index contributed by atoms with van der Waals surface area (Å²) >= 11 is 0. The van der Waals surface area contributed by atoms with Crippen molar-refractivity contribution in [2.45, 2.75) is 51.7 Å². The van der Waals surface area contributed by atoms with E-state index in [-0.39, 0.29) is 0 Å². The number of piperazine rings is 1. The first-order valence-electron chi connectivity index (χ1n) is 8.30. The van der Waals surface area contributed by atoms with Gasteiger partial charge in [0.1, 0.15) is 5.82 Å². The molecule has 5 nitrogen and oxygen atoms in total. The second-order valence-corrected chi connectivity index (χ2v) is 6.29. The highest BCUT2D eigenvalue weighted by Crippen LogP contribution is 2.26. The predicted octanol–water partition coefficient (Wildman–Crippen LogP) is 1.65. The van der Waals surface area contributed by atoms with E-state index in [0.717, 1.165) is 37.7 Å². The lowest BCUT2D eigenvalue weighted by molar-refractivity contribution is 0.115. The molecule has 5 heteroatoms. The first kappa shape index (κ1) is 14.7. The fourth-order valence-electron chi connectivity index (χ4n) is 3.51. The summed E-state index contributed by atoms with van der Waals surface area (Å²) in [5.74, 6) is 1.04. The minimum Gasteiger partial charge on any atom is -0.350 e. The van der Waals surface area contributed by atoms with Gasteiger partial charge in [-0.1, -0.05) is 13.3 Å². The highest BCUT2D eigenvalue weighted by Gasteiger charge is 2.33. The molecule has 2 unspecified atom stereocenters. The van der Waals surface area contributed by atoms with Crippen LogP contribution >= 0.6 is 0 Å². The molecule has 1 aromatic rings. The van der Waals surface area contributed by atoms with Crippen molar-refractivity contribution in [2.24, 2.45) is 0 Å². The van der Waals surface area contributed by atoms with Gasteiger partial charge in [0.15, 0.2) is 0 Å². The number of aromatic nitrogens is 2. The van der Waals surface area contributed by atoms with E-state index in [9.17, 15) is 0 Å². The van der Waals surface area contributed by atoms with Crippen LogP contribution in [0.15, 0.2) is 12.4 Å². The lowest BCUT2D eigenvalue weighted by Gasteiger charge is -2.47. The summed E-state index contributed by atoms with van der Waals surface area (Å²) in [5, 5.41) is 3.29. The number of nitrogens with zero attached hydrogens (tertiary/aromatic N) is 4. The molecule has 3 heterocycles. The Morgan fingerprint density at radius 2 is 2.14 bits per heavy atom. The summed E-state index contributed by atoms with van der Waals surface area (Å²) in [6, 6.07) is 1.23. The molecular weight excluding hydrogens is 262 g/mol. The van der Waals surface area contributed by atoms with Crippen LogP contribution in [0.25, 0.3) is 0 Å². The number of anilines is 1. The van der Waals surface area contributed by atoms with Crippen molar-refractivity contribution in [3.8, 4) is 0 Å². The van der Waals surface area contributed by atoms with Crippen molar-refractivity contribution in [3.05, 3.63) is 18.1 Å². The van der Waals surface area contributed by atoms with Gasteiger partial charge in [0.25, 0.3) is 0 Å². The Labute approximate surface area is 127 Å². The SMILES string of the molecule is CCNCc1cnc(N2CC3CCCCN3CC2C)cn1. The third-order valence-electron chi connectivity index (χ3n) is 4.73. The summed E-state index contributed by atoms with van der Waals surface area (Å²) in [6.45, 7) is 9.70. The minimum atomic E-state index is 0.522. The summed E-state index contributed by atoms with van der Waals surface area (Å²) in [7, 11) is 0. The van der Waals surface area contributed by atoms with Crippen molar-refractivity contribution in [1.29, 1.82) is 0 Å². The van der Waals surface area contributed by atoms with E-state index in [0.29, 0.717) is 12.1 Å². The lowest BCUT2D eigenvalue weighted by atomic mass is 9.97. The first-order valence-corrected chi connectivity index (χ1v) is 8.30. The molecule has 2 aliphatic rings. The Balaban J connectivity index is 1.67. The topological polar surface area (TPSA) is 44.3 Å². The van der Waals surface area contributed by atoms with E-state index in [1.54, 1.807) is 0 Å². The molecule has 0 bridgehead atoms. The zero-order chi connectivity index (χ0) is 14.7. The van der Waals surface area contributed by atoms with Crippen molar-refractivity contribution >= 4 is 5.82 Å². The molecule has 2 atom stereocenters. The number of hydrogen-bond acceptors (Lipinski definition) is 5. The number of rotatable bonds is 4. The van der Waals surface area contributed by atoms with Crippen LogP contribution in [0.5, 0.6) is 0 Å². The van der Waals surface area contributed by atoms with Gasteiger partial charge in [-0.25, -0.2) is 4.98 Å². The van der Waals surface area contributed by atoms with Gasteiger partial charge in [-0.3, -0.25) is 9.88 Å². The number of nitrogens with one attached hydrogen (secondary N) is 1. The maximum absolute atomic E-state index is 4.65. The van der Waals surface area contributed by atoms with Crippen LogP contribution < -0.4 is 10.2 Å². The fourth-order valence-corrected chi connectivity index (χ4v) is 3.51. The zero-order valence-corrected chi connectivity index (χ0v) is 13.3. The Morgan fingerprint density at radius 1 is 1.24 bits per heavy atom. The van der Waals surface area contributed by atoms with Crippen LogP contribution in [0.1, 0.15) is 38.8 Å². The Hall–Kier alpha value is -1.20. The predicted molar refractivity (Wildman–Crippen MR) is 85.4 cm³/mol. The smallest absolute Gasteiger partial charge is 0.147 e. The summed E-state index contributed by atoms with van der Waals surface area (Å²) < 4.78 is 0. The highest BCUT2D eigenvalue weighted by atomic mass is 15.3. The molecular formula is C16H27N5. The Bertz CT molecular complexity index is 446. The molecule has 1 aromatic heterocycles. The maximum Gasteiger partial charge on any atom is 0.147 e. The van der Waals surface area contributed by atoms with Gasteiger partial charge >= 0.3 is 0 Å². The largest absolute Gasteiger partial charge is 0.350 e. The van der Waals surface area contributed by atoms with Gasteiger partial charge in [0.2, 0.25) is 0 Å². The normalized spacial score (nSPS) is 26.7. The van der Waals surface area contributed by atoms with Crippen molar-refractivity contribution in [3.63, 3.8) is 0 Å². The summed E-state index contributed by atoms with van der Waals surface area (Å²) in [6.07, 6.45) is 7.92. The molecule has 1 N–H and O–H groups in total. The molecule has 0 spiro atoms. The number of piperidine rings is 1.